The zero-order valence-corrected chi connectivity index (χ0v) is 11.8. The molecule has 3 rings (SSSR count). The van der Waals surface area contributed by atoms with Crippen molar-refractivity contribution in [2.45, 2.75) is 39.0 Å². The molecule has 20 heavy (non-hydrogen) atoms. The number of nitrogens with zero attached hydrogens (tertiary/aromatic N) is 4. The van der Waals surface area contributed by atoms with Gasteiger partial charge in [-0.05, 0) is 31.0 Å². The Hall–Kier alpha value is -1.95. The van der Waals surface area contributed by atoms with Crippen molar-refractivity contribution in [3.8, 4) is 5.75 Å². The van der Waals surface area contributed by atoms with Crippen molar-refractivity contribution in [1.29, 1.82) is 0 Å². The maximum Gasteiger partial charge on any atom is 0.212 e. The van der Waals surface area contributed by atoms with Gasteiger partial charge < -0.3 is 10.1 Å². The van der Waals surface area contributed by atoms with Gasteiger partial charge in [-0.15, -0.1) is 10.2 Å². The molecule has 1 heterocycles. The second-order valence-corrected chi connectivity index (χ2v) is 5.25. The summed E-state index contributed by atoms with van der Waals surface area (Å²) in [6, 6.07) is 6.91. The standard InChI is InChI=1S/C14H19N5O/c1-10-3-6-13(11(7-10)8-15-12-4-5-12)20-9-14-16-18-19(2)17-14/h3,6-7,12,15H,4-5,8-9H2,1-2H3. The van der Waals surface area contributed by atoms with E-state index in [0.717, 1.165) is 12.3 Å². The highest BCUT2D eigenvalue weighted by Crippen LogP contribution is 2.24. The molecule has 1 fully saturated rings. The molecule has 1 aliphatic rings. The minimum atomic E-state index is 0.341. The zero-order chi connectivity index (χ0) is 13.9. The number of aryl methyl sites for hydroxylation is 2. The molecule has 0 saturated heterocycles. The Kier molecular flexibility index (Phi) is 3.64. The lowest BCUT2D eigenvalue weighted by atomic mass is 10.1. The molecule has 1 N–H and O–H groups in total. The van der Waals surface area contributed by atoms with Gasteiger partial charge in [-0.1, -0.05) is 17.7 Å². The van der Waals surface area contributed by atoms with Gasteiger partial charge in [-0.3, -0.25) is 0 Å². The summed E-state index contributed by atoms with van der Waals surface area (Å²) in [6.45, 7) is 3.28. The Morgan fingerprint density at radius 3 is 2.95 bits per heavy atom. The SMILES string of the molecule is Cc1ccc(OCc2nnn(C)n2)c(CNC2CC2)c1. The zero-order valence-electron chi connectivity index (χ0n) is 11.8. The van der Waals surface area contributed by atoms with E-state index in [1.54, 1.807) is 7.05 Å². The van der Waals surface area contributed by atoms with Gasteiger partial charge in [0.05, 0.1) is 7.05 Å². The van der Waals surface area contributed by atoms with Crippen LogP contribution in [0.1, 0.15) is 29.8 Å². The predicted octanol–water partition coefficient (Wildman–Crippen LogP) is 1.35. The fourth-order valence-electron chi connectivity index (χ4n) is 2.05. The fraction of sp³-hybridized carbons (Fsp3) is 0.500. The topological polar surface area (TPSA) is 64.9 Å². The van der Waals surface area contributed by atoms with Crippen LogP contribution in [0.2, 0.25) is 0 Å². The lowest BCUT2D eigenvalue weighted by Crippen LogP contribution is -2.16. The van der Waals surface area contributed by atoms with E-state index in [4.69, 9.17) is 4.74 Å². The first-order chi connectivity index (χ1) is 9.70. The minimum absolute atomic E-state index is 0.341. The number of aromatic nitrogens is 4. The number of ether oxygens (including phenoxy) is 1. The van der Waals surface area contributed by atoms with Gasteiger partial charge in [0.1, 0.15) is 5.75 Å². The van der Waals surface area contributed by atoms with Crippen LogP contribution in [0.5, 0.6) is 5.75 Å². The van der Waals surface area contributed by atoms with E-state index in [2.05, 4.69) is 39.8 Å². The van der Waals surface area contributed by atoms with E-state index in [0.29, 0.717) is 18.5 Å². The van der Waals surface area contributed by atoms with E-state index >= 15 is 0 Å². The van der Waals surface area contributed by atoms with E-state index in [1.807, 2.05) is 6.07 Å². The second-order valence-electron chi connectivity index (χ2n) is 5.25. The lowest BCUT2D eigenvalue weighted by molar-refractivity contribution is 0.291. The molecule has 0 amide bonds. The van der Waals surface area contributed by atoms with E-state index in [1.165, 1.54) is 28.8 Å². The first kappa shape index (κ1) is 13.1. The summed E-state index contributed by atoms with van der Waals surface area (Å²) in [5, 5.41) is 15.3. The maximum atomic E-state index is 5.83. The molecular weight excluding hydrogens is 254 g/mol. The molecule has 0 bridgehead atoms. The third-order valence-electron chi connectivity index (χ3n) is 3.28. The number of benzene rings is 1. The molecule has 0 aliphatic heterocycles. The third-order valence-corrected chi connectivity index (χ3v) is 3.28. The number of hydrogen-bond donors (Lipinski definition) is 1. The van der Waals surface area contributed by atoms with Crippen molar-refractivity contribution < 1.29 is 4.74 Å². The molecular formula is C14H19N5O. The molecule has 1 aromatic heterocycles. The van der Waals surface area contributed by atoms with Crippen molar-refractivity contribution in [2.24, 2.45) is 7.05 Å². The smallest absolute Gasteiger partial charge is 0.212 e. The summed E-state index contributed by atoms with van der Waals surface area (Å²) in [5.74, 6) is 1.48. The average molecular weight is 273 g/mol. The Morgan fingerprint density at radius 1 is 1.40 bits per heavy atom. The Balaban J connectivity index is 1.66. The van der Waals surface area contributed by atoms with Crippen LogP contribution in [0.4, 0.5) is 0 Å². The molecule has 1 aromatic carbocycles. The molecule has 1 aliphatic carbocycles. The normalized spacial score (nSPS) is 14.5. The van der Waals surface area contributed by atoms with Crippen LogP contribution in [0.15, 0.2) is 18.2 Å². The van der Waals surface area contributed by atoms with Crippen LogP contribution in [-0.2, 0) is 20.2 Å². The monoisotopic (exact) mass is 273 g/mol. The van der Waals surface area contributed by atoms with Crippen LogP contribution >= 0.6 is 0 Å². The van der Waals surface area contributed by atoms with Gasteiger partial charge in [0, 0.05) is 18.2 Å². The Morgan fingerprint density at radius 2 is 2.25 bits per heavy atom. The largest absolute Gasteiger partial charge is 0.485 e. The van der Waals surface area contributed by atoms with Crippen LogP contribution in [0, 0.1) is 6.92 Å². The highest BCUT2D eigenvalue weighted by atomic mass is 16.5. The van der Waals surface area contributed by atoms with Gasteiger partial charge in [0.2, 0.25) is 5.82 Å². The van der Waals surface area contributed by atoms with Gasteiger partial charge >= 0.3 is 0 Å². The van der Waals surface area contributed by atoms with E-state index in [9.17, 15) is 0 Å². The lowest BCUT2D eigenvalue weighted by Gasteiger charge is -2.12. The van der Waals surface area contributed by atoms with Gasteiger partial charge in [0.15, 0.2) is 6.61 Å². The number of rotatable bonds is 6. The molecule has 2 aromatic rings. The van der Waals surface area contributed by atoms with Crippen LogP contribution in [0.25, 0.3) is 0 Å². The third kappa shape index (κ3) is 3.33. The molecule has 1 saturated carbocycles. The predicted molar refractivity (Wildman–Crippen MR) is 74.2 cm³/mol. The summed E-state index contributed by atoms with van der Waals surface area (Å²) in [6.07, 6.45) is 2.57. The molecule has 0 spiro atoms. The van der Waals surface area contributed by atoms with Crippen LogP contribution in [-0.4, -0.2) is 26.2 Å². The van der Waals surface area contributed by atoms with E-state index in [-0.39, 0.29) is 0 Å². The second kappa shape index (κ2) is 5.58. The molecule has 0 radical (unpaired) electrons. The molecule has 6 heteroatoms. The summed E-state index contributed by atoms with van der Waals surface area (Å²) in [7, 11) is 1.74. The van der Waals surface area contributed by atoms with Crippen molar-refractivity contribution in [3.63, 3.8) is 0 Å². The number of tetrazole rings is 1. The highest BCUT2D eigenvalue weighted by Gasteiger charge is 2.20. The minimum Gasteiger partial charge on any atom is -0.485 e. The van der Waals surface area contributed by atoms with Gasteiger partial charge in [-0.2, -0.15) is 4.80 Å². The summed E-state index contributed by atoms with van der Waals surface area (Å²) in [4.78, 5) is 1.43. The Bertz CT molecular complexity index is 591. The van der Waals surface area contributed by atoms with Crippen molar-refractivity contribution in [3.05, 3.63) is 35.2 Å². The van der Waals surface area contributed by atoms with E-state index < -0.39 is 0 Å². The van der Waals surface area contributed by atoms with Crippen molar-refractivity contribution in [2.75, 3.05) is 0 Å². The molecule has 106 valence electrons. The first-order valence-electron chi connectivity index (χ1n) is 6.89. The van der Waals surface area contributed by atoms with Gasteiger partial charge in [-0.25, -0.2) is 0 Å². The highest BCUT2D eigenvalue weighted by molar-refractivity contribution is 5.37. The van der Waals surface area contributed by atoms with Crippen molar-refractivity contribution in [1.82, 2.24) is 25.5 Å². The summed E-state index contributed by atoms with van der Waals surface area (Å²) < 4.78 is 5.83. The molecule has 0 atom stereocenters. The quantitative estimate of drug-likeness (QED) is 0.860. The van der Waals surface area contributed by atoms with Gasteiger partial charge in [0.25, 0.3) is 0 Å². The number of nitrogens with one attached hydrogen (secondary N) is 1. The molecule has 0 unspecified atom stereocenters. The van der Waals surface area contributed by atoms with Crippen molar-refractivity contribution >= 4 is 0 Å². The molecule has 6 nitrogen and oxygen atoms in total. The summed E-state index contributed by atoms with van der Waals surface area (Å²) >= 11 is 0. The van der Waals surface area contributed by atoms with Crippen LogP contribution in [0.3, 0.4) is 0 Å². The average Bonchev–Trinajstić information content (AvgIpc) is 3.17. The first-order valence-corrected chi connectivity index (χ1v) is 6.89. The van der Waals surface area contributed by atoms with Crippen LogP contribution < -0.4 is 10.1 Å². The fourth-order valence-corrected chi connectivity index (χ4v) is 2.05. The maximum absolute atomic E-state index is 5.83. The summed E-state index contributed by atoms with van der Waals surface area (Å²) in [5.41, 5.74) is 2.42. The Labute approximate surface area is 118 Å². The number of hydrogen-bond acceptors (Lipinski definition) is 5.